The second-order valence-electron chi connectivity index (χ2n) is 8.25. The maximum Gasteiger partial charge on any atom is 0.243 e. The third-order valence-electron chi connectivity index (χ3n) is 5.74. The van der Waals surface area contributed by atoms with Crippen LogP contribution in [0.5, 0.6) is 0 Å². The van der Waals surface area contributed by atoms with Gasteiger partial charge in [0.05, 0.1) is 4.90 Å². The first-order valence-electron chi connectivity index (χ1n) is 10.9. The molecule has 6 nitrogen and oxygen atoms in total. The Kier molecular flexibility index (Phi) is 7.86. The van der Waals surface area contributed by atoms with E-state index in [1.807, 2.05) is 68.1 Å². The molecule has 1 aliphatic heterocycles. The van der Waals surface area contributed by atoms with E-state index < -0.39 is 10.0 Å². The Morgan fingerprint density at radius 2 is 1.61 bits per heavy atom. The number of carbonyl (C=O) groups excluding carboxylic acids is 1. The lowest BCUT2D eigenvalue weighted by Gasteiger charge is -2.29. The average molecular weight is 444 g/mol. The Hall–Kier alpha value is -2.22. The number of carbonyl (C=O) groups is 1. The number of rotatable bonds is 8. The van der Waals surface area contributed by atoms with Crippen molar-refractivity contribution >= 4 is 15.9 Å². The summed E-state index contributed by atoms with van der Waals surface area (Å²) in [5.41, 5.74) is 3.61. The second-order valence-corrected chi connectivity index (χ2v) is 10.1. The maximum absolute atomic E-state index is 13.7. The van der Waals surface area contributed by atoms with Gasteiger partial charge in [0, 0.05) is 45.7 Å². The fraction of sp³-hybridized carbons (Fsp3) is 0.458. The van der Waals surface area contributed by atoms with E-state index in [2.05, 4.69) is 5.32 Å². The SMILES string of the molecule is Cc1cc(C)c(S(=O)(=O)N(CCC(=O)N2CCNCC2)CCc2ccccc2)c(C)c1. The van der Waals surface area contributed by atoms with Crippen LogP contribution in [0.25, 0.3) is 0 Å². The molecule has 1 N–H and O–H groups in total. The summed E-state index contributed by atoms with van der Waals surface area (Å²) in [5, 5.41) is 3.24. The van der Waals surface area contributed by atoms with Gasteiger partial charge in [-0.25, -0.2) is 8.42 Å². The van der Waals surface area contributed by atoms with Crippen molar-refractivity contribution in [1.29, 1.82) is 0 Å². The van der Waals surface area contributed by atoms with E-state index in [9.17, 15) is 13.2 Å². The summed E-state index contributed by atoms with van der Waals surface area (Å²) >= 11 is 0. The zero-order valence-electron chi connectivity index (χ0n) is 18.7. The van der Waals surface area contributed by atoms with Gasteiger partial charge in [0.1, 0.15) is 0 Å². The molecule has 3 rings (SSSR count). The van der Waals surface area contributed by atoms with Gasteiger partial charge >= 0.3 is 0 Å². The topological polar surface area (TPSA) is 69.7 Å². The van der Waals surface area contributed by atoms with Crippen molar-refractivity contribution in [3.63, 3.8) is 0 Å². The average Bonchev–Trinajstić information content (AvgIpc) is 2.73. The van der Waals surface area contributed by atoms with Crippen molar-refractivity contribution in [2.24, 2.45) is 0 Å². The van der Waals surface area contributed by atoms with Gasteiger partial charge in [-0.05, 0) is 43.9 Å². The van der Waals surface area contributed by atoms with Crippen molar-refractivity contribution in [3.05, 3.63) is 64.7 Å². The summed E-state index contributed by atoms with van der Waals surface area (Å²) < 4.78 is 28.9. The van der Waals surface area contributed by atoms with Gasteiger partial charge in [-0.1, -0.05) is 48.0 Å². The molecule has 1 aliphatic rings. The Morgan fingerprint density at radius 3 is 2.23 bits per heavy atom. The number of nitrogens with zero attached hydrogens (tertiary/aromatic N) is 2. The van der Waals surface area contributed by atoms with E-state index in [0.717, 1.165) is 35.3 Å². The van der Waals surface area contributed by atoms with E-state index in [0.29, 0.717) is 31.0 Å². The van der Waals surface area contributed by atoms with Crippen LogP contribution in [0, 0.1) is 20.8 Å². The molecule has 1 amide bonds. The van der Waals surface area contributed by atoms with Crippen molar-refractivity contribution in [2.45, 2.75) is 38.5 Å². The van der Waals surface area contributed by atoms with Crippen LogP contribution < -0.4 is 5.32 Å². The number of hydrogen-bond acceptors (Lipinski definition) is 4. The molecule has 0 bridgehead atoms. The summed E-state index contributed by atoms with van der Waals surface area (Å²) in [6.45, 7) is 9.08. The molecule has 0 radical (unpaired) electrons. The third-order valence-corrected chi connectivity index (χ3v) is 7.94. The molecule has 31 heavy (non-hydrogen) atoms. The first kappa shape index (κ1) is 23.4. The minimum absolute atomic E-state index is 0.0127. The molecule has 2 aromatic carbocycles. The normalized spacial score (nSPS) is 14.8. The molecule has 7 heteroatoms. The predicted molar refractivity (Wildman–Crippen MR) is 124 cm³/mol. The largest absolute Gasteiger partial charge is 0.340 e. The van der Waals surface area contributed by atoms with E-state index in [-0.39, 0.29) is 18.9 Å². The molecule has 1 saturated heterocycles. The minimum atomic E-state index is -3.73. The van der Waals surface area contributed by atoms with Crippen LogP contribution in [0.2, 0.25) is 0 Å². The van der Waals surface area contributed by atoms with Crippen LogP contribution in [0.3, 0.4) is 0 Å². The van der Waals surface area contributed by atoms with Crippen LogP contribution in [-0.4, -0.2) is 62.8 Å². The van der Waals surface area contributed by atoms with Crippen LogP contribution in [-0.2, 0) is 21.2 Å². The summed E-state index contributed by atoms with van der Waals surface area (Å²) in [6.07, 6.45) is 0.795. The highest BCUT2D eigenvalue weighted by atomic mass is 32.2. The maximum atomic E-state index is 13.7. The first-order valence-corrected chi connectivity index (χ1v) is 12.3. The summed E-state index contributed by atoms with van der Waals surface area (Å²) in [4.78, 5) is 14.9. The van der Waals surface area contributed by atoms with Gasteiger partial charge in [-0.15, -0.1) is 0 Å². The lowest BCUT2D eigenvalue weighted by molar-refractivity contribution is -0.131. The van der Waals surface area contributed by atoms with Gasteiger partial charge in [0.2, 0.25) is 15.9 Å². The molecule has 0 spiro atoms. The molecule has 1 fully saturated rings. The molecule has 0 saturated carbocycles. The van der Waals surface area contributed by atoms with Gasteiger partial charge in [-0.2, -0.15) is 4.31 Å². The molecule has 0 aromatic heterocycles. The number of amides is 1. The van der Waals surface area contributed by atoms with Gasteiger partial charge < -0.3 is 10.2 Å². The van der Waals surface area contributed by atoms with E-state index in [1.165, 1.54) is 4.31 Å². The van der Waals surface area contributed by atoms with Crippen LogP contribution >= 0.6 is 0 Å². The van der Waals surface area contributed by atoms with Gasteiger partial charge in [0.15, 0.2) is 0 Å². The summed E-state index contributed by atoms with van der Waals surface area (Å²) in [5.74, 6) is 0.0127. The predicted octanol–water partition coefficient (Wildman–Crippen LogP) is 2.67. The fourth-order valence-corrected chi connectivity index (χ4v) is 6.10. The monoisotopic (exact) mass is 443 g/mol. The van der Waals surface area contributed by atoms with Crippen molar-refractivity contribution < 1.29 is 13.2 Å². The fourth-order valence-electron chi connectivity index (χ4n) is 4.25. The molecule has 2 aromatic rings. The van der Waals surface area contributed by atoms with Crippen molar-refractivity contribution in [1.82, 2.24) is 14.5 Å². The number of hydrogen-bond donors (Lipinski definition) is 1. The molecule has 0 unspecified atom stereocenters. The molecule has 0 atom stereocenters. The lowest BCUT2D eigenvalue weighted by atomic mass is 10.1. The number of aryl methyl sites for hydroxylation is 3. The first-order chi connectivity index (χ1) is 14.8. The third kappa shape index (κ3) is 5.93. The standard InChI is InChI=1S/C24H33N3O3S/c1-19-17-20(2)24(21(3)18-19)31(29,30)27(13-9-22-7-5-4-6-8-22)14-10-23(28)26-15-11-25-12-16-26/h4-8,17-18,25H,9-16H2,1-3H3. The molecular formula is C24H33N3O3S. The highest BCUT2D eigenvalue weighted by Gasteiger charge is 2.29. The Balaban J connectivity index is 1.82. The van der Waals surface area contributed by atoms with Crippen molar-refractivity contribution in [2.75, 3.05) is 39.3 Å². The zero-order valence-corrected chi connectivity index (χ0v) is 19.5. The summed E-state index contributed by atoms with van der Waals surface area (Å²) in [7, 11) is -3.73. The van der Waals surface area contributed by atoms with Gasteiger partial charge in [-0.3, -0.25) is 4.79 Å². The number of sulfonamides is 1. The molecular weight excluding hydrogens is 410 g/mol. The van der Waals surface area contributed by atoms with Gasteiger partial charge in [0.25, 0.3) is 0 Å². The number of benzene rings is 2. The minimum Gasteiger partial charge on any atom is -0.340 e. The number of piperazine rings is 1. The summed E-state index contributed by atoms with van der Waals surface area (Å²) in [6, 6.07) is 13.7. The van der Waals surface area contributed by atoms with Crippen LogP contribution in [0.15, 0.2) is 47.4 Å². The van der Waals surface area contributed by atoms with E-state index in [4.69, 9.17) is 0 Å². The highest BCUT2D eigenvalue weighted by Crippen LogP contribution is 2.26. The molecule has 0 aliphatic carbocycles. The molecule has 168 valence electrons. The van der Waals surface area contributed by atoms with Crippen LogP contribution in [0.1, 0.15) is 28.7 Å². The molecule has 1 heterocycles. The Bertz CT molecular complexity index is 977. The zero-order chi connectivity index (χ0) is 22.4. The Morgan fingerprint density at radius 1 is 1.00 bits per heavy atom. The highest BCUT2D eigenvalue weighted by molar-refractivity contribution is 7.89. The Labute approximate surface area is 186 Å². The van der Waals surface area contributed by atoms with Crippen LogP contribution in [0.4, 0.5) is 0 Å². The van der Waals surface area contributed by atoms with Crippen molar-refractivity contribution in [3.8, 4) is 0 Å². The second kappa shape index (κ2) is 10.4. The van der Waals surface area contributed by atoms with E-state index >= 15 is 0 Å². The quantitative estimate of drug-likeness (QED) is 0.681. The smallest absolute Gasteiger partial charge is 0.243 e. The number of nitrogens with one attached hydrogen (secondary N) is 1. The van der Waals surface area contributed by atoms with E-state index in [1.54, 1.807) is 0 Å². The lowest BCUT2D eigenvalue weighted by Crippen LogP contribution is -2.47.